The van der Waals surface area contributed by atoms with Crippen LogP contribution in [0.1, 0.15) is 13.3 Å². The van der Waals surface area contributed by atoms with E-state index in [1.807, 2.05) is 6.92 Å². The van der Waals surface area contributed by atoms with Crippen LogP contribution in [0.15, 0.2) is 4.99 Å². The van der Waals surface area contributed by atoms with E-state index < -0.39 is 5.60 Å². The van der Waals surface area contributed by atoms with E-state index in [1.54, 1.807) is 7.05 Å². The molecule has 1 fully saturated rings. The third-order valence-electron chi connectivity index (χ3n) is 2.20. The van der Waals surface area contributed by atoms with E-state index in [4.69, 9.17) is 15.3 Å². The van der Waals surface area contributed by atoms with Crippen molar-refractivity contribution in [1.82, 2.24) is 5.43 Å². The van der Waals surface area contributed by atoms with E-state index in [0.717, 1.165) is 6.42 Å². The molecular weight excluding hydrogens is 170 g/mol. The van der Waals surface area contributed by atoms with Crippen molar-refractivity contribution in [2.75, 3.05) is 26.9 Å². The Hall–Kier alpha value is -0.650. The number of hydrazine groups is 1. The lowest BCUT2D eigenvalue weighted by Gasteiger charge is -2.28. The normalized spacial score (nSPS) is 29.3. The van der Waals surface area contributed by atoms with Gasteiger partial charge in [0.15, 0.2) is 5.60 Å². The Morgan fingerprint density at radius 1 is 1.77 bits per heavy atom. The largest absolute Gasteiger partial charge is 0.378 e. The van der Waals surface area contributed by atoms with Crippen LogP contribution in [0, 0.1) is 0 Å². The number of nitrogens with two attached hydrogens (primary N) is 1. The monoisotopic (exact) mass is 187 g/mol. The second kappa shape index (κ2) is 4.55. The summed E-state index contributed by atoms with van der Waals surface area (Å²) in [5, 5.41) is 0. The molecule has 0 bridgehead atoms. The van der Waals surface area contributed by atoms with Gasteiger partial charge in [-0.2, -0.15) is 0 Å². The highest BCUT2D eigenvalue weighted by Crippen LogP contribution is 2.23. The number of aliphatic imine (C=N–C) groups is 1. The average Bonchev–Trinajstić information content (AvgIpc) is 2.57. The molecule has 0 spiro atoms. The predicted octanol–water partition coefficient (Wildman–Crippen LogP) is -0.326. The van der Waals surface area contributed by atoms with Crippen LogP contribution in [0.5, 0.6) is 0 Å². The summed E-state index contributed by atoms with van der Waals surface area (Å²) in [7, 11) is 1.69. The van der Waals surface area contributed by atoms with E-state index in [-0.39, 0.29) is 0 Å². The lowest BCUT2D eigenvalue weighted by Crippen LogP contribution is -2.52. The van der Waals surface area contributed by atoms with Crippen molar-refractivity contribution in [1.29, 1.82) is 0 Å². The molecule has 1 unspecified atom stereocenters. The van der Waals surface area contributed by atoms with Crippen LogP contribution in [0.4, 0.5) is 0 Å². The minimum Gasteiger partial charge on any atom is -0.378 e. The van der Waals surface area contributed by atoms with Gasteiger partial charge in [0.25, 0.3) is 0 Å². The molecule has 1 heterocycles. The summed E-state index contributed by atoms with van der Waals surface area (Å²) in [6.45, 7) is 3.80. The zero-order chi connectivity index (χ0) is 9.73. The zero-order valence-electron chi connectivity index (χ0n) is 8.17. The van der Waals surface area contributed by atoms with Gasteiger partial charge in [-0.1, -0.05) is 0 Å². The molecule has 0 radical (unpaired) electrons. The van der Waals surface area contributed by atoms with Gasteiger partial charge in [-0.05, 0) is 6.92 Å². The van der Waals surface area contributed by atoms with Crippen molar-refractivity contribution in [2.45, 2.75) is 18.9 Å². The molecule has 0 aliphatic carbocycles. The molecule has 76 valence electrons. The minimum absolute atomic E-state index is 0.446. The van der Waals surface area contributed by atoms with Crippen molar-refractivity contribution < 1.29 is 9.47 Å². The molecule has 5 nitrogen and oxygen atoms in total. The first-order chi connectivity index (χ1) is 6.29. The number of hydrogen-bond donors (Lipinski definition) is 2. The maximum Gasteiger partial charge on any atom is 0.151 e. The summed E-state index contributed by atoms with van der Waals surface area (Å²) in [5.41, 5.74) is 2.12. The smallest absolute Gasteiger partial charge is 0.151 e. The van der Waals surface area contributed by atoms with Crippen LogP contribution in [0.3, 0.4) is 0 Å². The van der Waals surface area contributed by atoms with Gasteiger partial charge in [-0.25, -0.2) is 5.84 Å². The molecule has 0 amide bonds. The molecular formula is C8H17N3O2. The molecule has 5 heteroatoms. The summed E-state index contributed by atoms with van der Waals surface area (Å²) < 4.78 is 10.9. The van der Waals surface area contributed by atoms with Gasteiger partial charge in [0, 0.05) is 20.1 Å². The molecule has 1 atom stereocenters. The standard InChI is InChI=1S/C8H17N3O2/c1-3-13-8(4-5-12-6-8)7(10-2)11-9/h3-6,9H2,1-2H3,(H,10,11). The number of ether oxygens (including phenoxy) is 2. The number of rotatable bonds is 3. The molecule has 0 aromatic heterocycles. The molecule has 1 rings (SSSR count). The fourth-order valence-corrected chi connectivity index (χ4v) is 1.59. The van der Waals surface area contributed by atoms with Crippen LogP contribution < -0.4 is 11.3 Å². The molecule has 0 aromatic rings. The highest BCUT2D eigenvalue weighted by Gasteiger charge is 2.40. The Morgan fingerprint density at radius 3 is 2.92 bits per heavy atom. The SMILES string of the molecule is CCOC1(C(=NC)NN)CCOC1. The molecule has 3 N–H and O–H groups in total. The van der Waals surface area contributed by atoms with Gasteiger partial charge in [0.1, 0.15) is 5.84 Å². The Morgan fingerprint density at radius 2 is 2.54 bits per heavy atom. The molecule has 1 aliphatic rings. The number of amidine groups is 1. The Balaban J connectivity index is 2.76. The van der Waals surface area contributed by atoms with Crippen LogP contribution in [-0.2, 0) is 9.47 Å². The van der Waals surface area contributed by atoms with Crippen molar-refractivity contribution in [2.24, 2.45) is 10.8 Å². The van der Waals surface area contributed by atoms with Crippen LogP contribution in [0.2, 0.25) is 0 Å². The van der Waals surface area contributed by atoms with Crippen molar-refractivity contribution >= 4 is 5.84 Å². The van der Waals surface area contributed by atoms with Gasteiger partial charge in [0.05, 0.1) is 13.2 Å². The van der Waals surface area contributed by atoms with E-state index in [0.29, 0.717) is 25.7 Å². The van der Waals surface area contributed by atoms with Gasteiger partial charge in [-0.3, -0.25) is 4.99 Å². The van der Waals surface area contributed by atoms with Crippen molar-refractivity contribution in [3.63, 3.8) is 0 Å². The van der Waals surface area contributed by atoms with E-state index in [2.05, 4.69) is 10.4 Å². The summed E-state index contributed by atoms with van der Waals surface area (Å²) in [6, 6.07) is 0. The minimum atomic E-state index is -0.446. The average molecular weight is 187 g/mol. The first kappa shape index (κ1) is 10.4. The van der Waals surface area contributed by atoms with Crippen molar-refractivity contribution in [3.05, 3.63) is 0 Å². The van der Waals surface area contributed by atoms with E-state index >= 15 is 0 Å². The highest BCUT2D eigenvalue weighted by molar-refractivity contribution is 5.90. The van der Waals surface area contributed by atoms with Crippen molar-refractivity contribution in [3.8, 4) is 0 Å². The number of hydrogen-bond acceptors (Lipinski definition) is 4. The molecule has 0 saturated carbocycles. The summed E-state index contributed by atoms with van der Waals surface area (Å²) in [6.07, 6.45) is 0.803. The fourth-order valence-electron chi connectivity index (χ4n) is 1.59. The molecule has 0 aromatic carbocycles. The lowest BCUT2D eigenvalue weighted by molar-refractivity contribution is 0.00516. The third kappa shape index (κ3) is 1.99. The van der Waals surface area contributed by atoms with E-state index in [1.165, 1.54) is 0 Å². The van der Waals surface area contributed by atoms with Gasteiger partial charge < -0.3 is 14.9 Å². The Bertz CT molecular complexity index is 188. The number of nitrogens with one attached hydrogen (secondary N) is 1. The summed E-state index contributed by atoms with van der Waals surface area (Å²) in [5.74, 6) is 6.02. The highest BCUT2D eigenvalue weighted by atomic mass is 16.6. The van der Waals surface area contributed by atoms with Gasteiger partial charge >= 0.3 is 0 Å². The quantitative estimate of drug-likeness (QED) is 0.275. The zero-order valence-corrected chi connectivity index (χ0v) is 8.17. The lowest BCUT2D eigenvalue weighted by atomic mass is 10.0. The molecule has 13 heavy (non-hydrogen) atoms. The summed E-state index contributed by atoms with van der Waals surface area (Å²) >= 11 is 0. The van der Waals surface area contributed by atoms with Gasteiger partial charge in [0.2, 0.25) is 0 Å². The topological polar surface area (TPSA) is 68.9 Å². The Kier molecular flexibility index (Phi) is 3.65. The predicted molar refractivity (Wildman–Crippen MR) is 50.5 cm³/mol. The van der Waals surface area contributed by atoms with Gasteiger partial charge in [-0.15, -0.1) is 0 Å². The van der Waals surface area contributed by atoms with E-state index in [9.17, 15) is 0 Å². The Labute approximate surface area is 78.3 Å². The van der Waals surface area contributed by atoms with Crippen LogP contribution >= 0.6 is 0 Å². The second-order valence-electron chi connectivity index (χ2n) is 2.95. The number of nitrogens with zero attached hydrogens (tertiary/aromatic N) is 1. The molecule has 1 saturated heterocycles. The second-order valence-corrected chi connectivity index (χ2v) is 2.95. The maximum absolute atomic E-state index is 5.64. The first-order valence-electron chi connectivity index (χ1n) is 4.44. The maximum atomic E-state index is 5.64. The fraction of sp³-hybridized carbons (Fsp3) is 0.875. The third-order valence-corrected chi connectivity index (χ3v) is 2.20. The molecule has 1 aliphatic heterocycles. The first-order valence-corrected chi connectivity index (χ1v) is 4.44. The van der Waals surface area contributed by atoms with Crippen LogP contribution in [-0.4, -0.2) is 38.3 Å². The van der Waals surface area contributed by atoms with Crippen LogP contribution in [0.25, 0.3) is 0 Å². The summed E-state index contributed by atoms with van der Waals surface area (Å²) in [4.78, 5) is 4.05.